The van der Waals surface area contributed by atoms with Gasteiger partial charge in [-0.15, -0.1) is 0 Å². The standard InChI is InChI=1S/C8H17N3/c9-11-4-2-7-1-3-10-5-8(7)6-11/h7-8,10H,1-6,9H2. The molecule has 0 aromatic heterocycles. The number of fused-ring (bicyclic) bond motifs is 1. The third kappa shape index (κ3) is 1.55. The summed E-state index contributed by atoms with van der Waals surface area (Å²) in [4.78, 5) is 0. The van der Waals surface area contributed by atoms with Crippen molar-refractivity contribution in [2.75, 3.05) is 26.2 Å². The highest BCUT2D eigenvalue weighted by Gasteiger charge is 2.29. The zero-order valence-electron chi connectivity index (χ0n) is 6.92. The van der Waals surface area contributed by atoms with E-state index in [1.807, 2.05) is 5.01 Å². The minimum Gasteiger partial charge on any atom is -0.316 e. The Morgan fingerprint density at radius 3 is 3.09 bits per heavy atom. The van der Waals surface area contributed by atoms with E-state index in [0.717, 1.165) is 24.9 Å². The maximum atomic E-state index is 5.75. The second kappa shape index (κ2) is 3.09. The van der Waals surface area contributed by atoms with Crippen molar-refractivity contribution in [3.63, 3.8) is 0 Å². The summed E-state index contributed by atoms with van der Waals surface area (Å²) in [6, 6.07) is 0. The van der Waals surface area contributed by atoms with Gasteiger partial charge in [0.15, 0.2) is 0 Å². The molecule has 0 spiro atoms. The Kier molecular flexibility index (Phi) is 2.11. The topological polar surface area (TPSA) is 41.3 Å². The Balaban J connectivity index is 1.93. The van der Waals surface area contributed by atoms with Gasteiger partial charge in [-0.3, -0.25) is 5.84 Å². The van der Waals surface area contributed by atoms with E-state index >= 15 is 0 Å². The monoisotopic (exact) mass is 155 g/mol. The fourth-order valence-corrected chi connectivity index (χ4v) is 2.30. The minimum absolute atomic E-state index is 0.822. The molecule has 2 rings (SSSR count). The zero-order valence-corrected chi connectivity index (χ0v) is 6.92. The second-order valence-electron chi connectivity index (χ2n) is 3.80. The number of nitrogens with one attached hydrogen (secondary N) is 1. The summed E-state index contributed by atoms with van der Waals surface area (Å²) < 4.78 is 0. The first kappa shape index (κ1) is 7.53. The average molecular weight is 155 g/mol. The van der Waals surface area contributed by atoms with Crippen LogP contribution in [0.15, 0.2) is 0 Å². The molecule has 3 heteroatoms. The lowest BCUT2D eigenvalue weighted by Crippen LogP contribution is -2.50. The minimum atomic E-state index is 0.822. The molecule has 2 heterocycles. The average Bonchev–Trinajstić information content (AvgIpc) is 2.04. The molecule has 11 heavy (non-hydrogen) atoms. The maximum Gasteiger partial charge on any atom is 0.0171 e. The first-order valence-electron chi connectivity index (χ1n) is 4.56. The summed E-state index contributed by atoms with van der Waals surface area (Å²) in [5.41, 5.74) is 0. The van der Waals surface area contributed by atoms with Crippen LogP contribution < -0.4 is 11.2 Å². The molecule has 0 aromatic rings. The van der Waals surface area contributed by atoms with Gasteiger partial charge in [-0.05, 0) is 37.8 Å². The van der Waals surface area contributed by atoms with Crippen LogP contribution in [0.3, 0.4) is 0 Å². The molecule has 0 radical (unpaired) electrons. The van der Waals surface area contributed by atoms with E-state index in [9.17, 15) is 0 Å². The lowest BCUT2D eigenvalue weighted by Gasteiger charge is -2.39. The van der Waals surface area contributed by atoms with Gasteiger partial charge in [0, 0.05) is 13.1 Å². The maximum absolute atomic E-state index is 5.75. The van der Waals surface area contributed by atoms with Gasteiger partial charge >= 0.3 is 0 Å². The van der Waals surface area contributed by atoms with Gasteiger partial charge < -0.3 is 5.32 Å². The van der Waals surface area contributed by atoms with Gasteiger partial charge in [0.2, 0.25) is 0 Å². The first-order valence-corrected chi connectivity index (χ1v) is 4.56. The number of hydrazine groups is 1. The van der Waals surface area contributed by atoms with E-state index in [0.29, 0.717) is 0 Å². The Morgan fingerprint density at radius 2 is 2.18 bits per heavy atom. The Bertz CT molecular complexity index is 137. The Labute approximate surface area is 67.9 Å². The molecule has 0 aliphatic carbocycles. The van der Waals surface area contributed by atoms with Crippen LogP contribution in [0, 0.1) is 11.8 Å². The lowest BCUT2D eigenvalue weighted by molar-refractivity contribution is 0.0966. The van der Waals surface area contributed by atoms with E-state index in [2.05, 4.69) is 5.32 Å². The van der Waals surface area contributed by atoms with Crippen LogP contribution >= 0.6 is 0 Å². The van der Waals surface area contributed by atoms with Crippen LogP contribution in [0.5, 0.6) is 0 Å². The molecule has 2 aliphatic heterocycles. The largest absolute Gasteiger partial charge is 0.316 e. The number of nitrogens with zero attached hydrogens (tertiary/aromatic N) is 1. The number of piperidine rings is 2. The SMILES string of the molecule is NN1CCC2CCNCC2C1. The third-order valence-electron chi connectivity index (χ3n) is 3.02. The smallest absolute Gasteiger partial charge is 0.0171 e. The van der Waals surface area contributed by atoms with Gasteiger partial charge in [-0.25, -0.2) is 5.01 Å². The van der Waals surface area contributed by atoms with E-state index in [-0.39, 0.29) is 0 Å². The Hall–Kier alpha value is -0.120. The van der Waals surface area contributed by atoms with Gasteiger partial charge in [0.1, 0.15) is 0 Å². The van der Waals surface area contributed by atoms with Gasteiger partial charge in [-0.1, -0.05) is 0 Å². The molecule has 2 atom stereocenters. The lowest BCUT2D eigenvalue weighted by atomic mass is 9.81. The molecule has 0 amide bonds. The molecule has 2 aliphatic rings. The first-order chi connectivity index (χ1) is 5.36. The molecular formula is C8H17N3. The summed E-state index contributed by atoms with van der Waals surface area (Å²) in [6.45, 7) is 4.59. The van der Waals surface area contributed by atoms with Crippen LogP contribution in [0.2, 0.25) is 0 Å². The predicted octanol–water partition coefficient (Wildman–Crippen LogP) is -0.209. The van der Waals surface area contributed by atoms with Crippen molar-refractivity contribution in [1.82, 2.24) is 10.3 Å². The fraction of sp³-hybridized carbons (Fsp3) is 1.00. The van der Waals surface area contributed by atoms with Crippen molar-refractivity contribution in [2.24, 2.45) is 17.7 Å². The van der Waals surface area contributed by atoms with E-state index in [1.165, 1.54) is 25.9 Å². The molecular weight excluding hydrogens is 138 g/mol. The summed E-state index contributed by atoms with van der Waals surface area (Å²) in [6.07, 6.45) is 2.67. The summed E-state index contributed by atoms with van der Waals surface area (Å²) in [5, 5.41) is 5.39. The number of rotatable bonds is 0. The quantitative estimate of drug-likeness (QED) is 0.476. The Morgan fingerprint density at radius 1 is 1.27 bits per heavy atom. The number of hydrogen-bond acceptors (Lipinski definition) is 3. The van der Waals surface area contributed by atoms with Gasteiger partial charge in [0.05, 0.1) is 0 Å². The summed E-state index contributed by atoms with van der Waals surface area (Å²) in [7, 11) is 0. The predicted molar refractivity (Wildman–Crippen MR) is 44.8 cm³/mol. The molecule has 0 aromatic carbocycles. The molecule has 0 bridgehead atoms. The van der Waals surface area contributed by atoms with Crippen molar-refractivity contribution in [3.05, 3.63) is 0 Å². The van der Waals surface area contributed by atoms with Crippen molar-refractivity contribution in [1.29, 1.82) is 0 Å². The molecule has 3 N–H and O–H groups in total. The number of nitrogens with two attached hydrogens (primary N) is 1. The fourth-order valence-electron chi connectivity index (χ4n) is 2.30. The molecule has 3 nitrogen and oxygen atoms in total. The summed E-state index contributed by atoms with van der Waals surface area (Å²) >= 11 is 0. The zero-order chi connectivity index (χ0) is 7.68. The van der Waals surface area contributed by atoms with Crippen molar-refractivity contribution < 1.29 is 0 Å². The molecule has 2 unspecified atom stereocenters. The molecule has 64 valence electrons. The third-order valence-corrected chi connectivity index (χ3v) is 3.02. The van der Waals surface area contributed by atoms with Crippen LogP contribution in [-0.2, 0) is 0 Å². The normalized spacial score (nSPS) is 40.1. The van der Waals surface area contributed by atoms with Crippen LogP contribution in [-0.4, -0.2) is 31.2 Å². The van der Waals surface area contributed by atoms with Crippen molar-refractivity contribution in [2.45, 2.75) is 12.8 Å². The van der Waals surface area contributed by atoms with Crippen LogP contribution in [0.25, 0.3) is 0 Å². The van der Waals surface area contributed by atoms with E-state index in [4.69, 9.17) is 5.84 Å². The van der Waals surface area contributed by atoms with E-state index < -0.39 is 0 Å². The van der Waals surface area contributed by atoms with Crippen LogP contribution in [0.1, 0.15) is 12.8 Å². The van der Waals surface area contributed by atoms with Crippen molar-refractivity contribution >= 4 is 0 Å². The van der Waals surface area contributed by atoms with Crippen LogP contribution in [0.4, 0.5) is 0 Å². The molecule has 2 saturated heterocycles. The number of hydrogen-bond donors (Lipinski definition) is 2. The van der Waals surface area contributed by atoms with Gasteiger partial charge in [-0.2, -0.15) is 0 Å². The van der Waals surface area contributed by atoms with Gasteiger partial charge in [0.25, 0.3) is 0 Å². The summed E-state index contributed by atoms with van der Waals surface area (Å²) in [5.74, 6) is 7.52. The second-order valence-corrected chi connectivity index (χ2v) is 3.80. The molecule has 2 fully saturated rings. The van der Waals surface area contributed by atoms with E-state index in [1.54, 1.807) is 0 Å². The molecule has 0 saturated carbocycles. The highest BCUT2D eigenvalue weighted by molar-refractivity contribution is 4.83. The highest BCUT2D eigenvalue weighted by Crippen LogP contribution is 2.26. The van der Waals surface area contributed by atoms with Crippen molar-refractivity contribution in [3.8, 4) is 0 Å². The highest BCUT2D eigenvalue weighted by atomic mass is 15.4.